The topological polar surface area (TPSA) is 47.6 Å². The molecule has 0 unspecified atom stereocenters. The van der Waals surface area contributed by atoms with E-state index >= 15 is 0 Å². The van der Waals surface area contributed by atoms with Gasteiger partial charge in [0.25, 0.3) is 5.91 Å². The van der Waals surface area contributed by atoms with Gasteiger partial charge in [-0.2, -0.15) is 0 Å². The molecule has 1 aliphatic rings. The van der Waals surface area contributed by atoms with Crippen LogP contribution in [-0.4, -0.2) is 31.8 Å². The molecule has 1 N–H and O–H groups in total. The van der Waals surface area contributed by atoms with Crippen molar-refractivity contribution in [1.29, 1.82) is 0 Å². The predicted molar refractivity (Wildman–Crippen MR) is 61.5 cm³/mol. The zero-order valence-electron chi connectivity index (χ0n) is 9.19. The summed E-state index contributed by atoms with van der Waals surface area (Å²) in [6.45, 7) is 4.04. The van der Waals surface area contributed by atoms with E-state index in [1.807, 2.05) is 18.4 Å². The first-order valence-corrected chi connectivity index (χ1v) is 6.15. The number of thiophene rings is 1. The Morgan fingerprint density at radius 3 is 3.12 bits per heavy atom. The lowest BCUT2D eigenvalue weighted by Gasteiger charge is -2.21. The van der Waals surface area contributed by atoms with E-state index in [4.69, 9.17) is 9.47 Å². The molecular weight excluding hydrogens is 226 g/mol. The van der Waals surface area contributed by atoms with Crippen LogP contribution in [-0.2, 0) is 20.8 Å². The summed E-state index contributed by atoms with van der Waals surface area (Å²) in [7, 11) is 0. The van der Waals surface area contributed by atoms with Crippen LogP contribution in [0.15, 0.2) is 11.4 Å². The second kappa shape index (κ2) is 5.43. The van der Waals surface area contributed by atoms with E-state index in [0.29, 0.717) is 26.4 Å². The number of aryl methyl sites for hydroxylation is 1. The molecule has 1 fully saturated rings. The van der Waals surface area contributed by atoms with Gasteiger partial charge in [0, 0.05) is 4.88 Å². The lowest BCUT2D eigenvalue weighted by Crippen LogP contribution is -2.42. The third-order valence-corrected chi connectivity index (χ3v) is 3.52. The van der Waals surface area contributed by atoms with Crippen molar-refractivity contribution in [2.75, 3.05) is 19.8 Å². The van der Waals surface area contributed by atoms with Crippen molar-refractivity contribution in [3.8, 4) is 0 Å². The van der Waals surface area contributed by atoms with E-state index in [1.165, 1.54) is 10.4 Å². The molecule has 1 saturated heterocycles. The number of nitrogens with one attached hydrogen (secondary N) is 1. The van der Waals surface area contributed by atoms with Gasteiger partial charge in [0.1, 0.15) is 0 Å². The van der Waals surface area contributed by atoms with E-state index < -0.39 is 6.10 Å². The molecule has 88 valence electrons. The van der Waals surface area contributed by atoms with Gasteiger partial charge in [-0.05, 0) is 23.9 Å². The molecule has 1 aliphatic heterocycles. The highest BCUT2D eigenvalue weighted by Crippen LogP contribution is 2.15. The highest BCUT2D eigenvalue weighted by atomic mass is 32.1. The van der Waals surface area contributed by atoms with Gasteiger partial charge in [0.05, 0.1) is 26.4 Å². The Labute approximate surface area is 98.6 Å². The maximum atomic E-state index is 11.7. The van der Waals surface area contributed by atoms with Crippen molar-refractivity contribution in [2.24, 2.45) is 0 Å². The lowest BCUT2D eigenvalue weighted by atomic mass is 10.3. The van der Waals surface area contributed by atoms with Crippen molar-refractivity contribution < 1.29 is 14.3 Å². The molecule has 0 saturated carbocycles. The van der Waals surface area contributed by atoms with Crippen LogP contribution in [0, 0.1) is 6.92 Å². The van der Waals surface area contributed by atoms with E-state index in [2.05, 4.69) is 5.32 Å². The molecule has 1 amide bonds. The van der Waals surface area contributed by atoms with E-state index in [0.717, 1.165) is 0 Å². The highest BCUT2D eigenvalue weighted by Gasteiger charge is 2.22. The monoisotopic (exact) mass is 241 g/mol. The van der Waals surface area contributed by atoms with Gasteiger partial charge in [-0.25, -0.2) is 0 Å². The van der Waals surface area contributed by atoms with Gasteiger partial charge in [-0.15, -0.1) is 11.3 Å². The van der Waals surface area contributed by atoms with Gasteiger partial charge < -0.3 is 14.8 Å². The highest BCUT2D eigenvalue weighted by molar-refractivity contribution is 7.10. The molecule has 4 nitrogen and oxygen atoms in total. The van der Waals surface area contributed by atoms with Crippen LogP contribution in [0.3, 0.4) is 0 Å². The van der Waals surface area contributed by atoms with E-state index in [9.17, 15) is 4.79 Å². The Morgan fingerprint density at radius 2 is 2.50 bits per heavy atom. The maximum absolute atomic E-state index is 11.7. The Hall–Kier alpha value is -0.910. The Balaban J connectivity index is 1.81. The molecule has 0 aromatic carbocycles. The first kappa shape index (κ1) is 11.6. The fraction of sp³-hybridized carbons (Fsp3) is 0.545. The summed E-state index contributed by atoms with van der Waals surface area (Å²) in [6.07, 6.45) is -0.450. The predicted octanol–water partition coefficient (Wildman–Crippen LogP) is 1.09. The van der Waals surface area contributed by atoms with Gasteiger partial charge >= 0.3 is 0 Å². The standard InChI is InChI=1S/C11H15NO3S/c1-8-2-5-16-10(8)6-12-11(13)9-7-14-3-4-15-9/h2,5,9H,3-4,6-7H2,1H3,(H,12,13)/t9-/m1/s1. The lowest BCUT2D eigenvalue weighted by molar-refractivity contribution is -0.147. The Kier molecular flexibility index (Phi) is 3.93. The van der Waals surface area contributed by atoms with Crippen LogP contribution in [0.4, 0.5) is 0 Å². The summed E-state index contributed by atoms with van der Waals surface area (Å²) in [5.74, 6) is -0.0903. The van der Waals surface area contributed by atoms with Gasteiger partial charge in [0.2, 0.25) is 0 Å². The van der Waals surface area contributed by atoms with Gasteiger partial charge in [-0.1, -0.05) is 0 Å². The van der Waals surface area contributed by atoms with Crippen LogP contribution < -0.4 is 5.32 Å². The number of hydrogen-bond donors (Lipinski definition) is 1. The van der Waals surface area contributed by atoms with Gasteiger partial charge in [-0.3, -0.25) is 4.79 Å². The van der Waals surface area contributed by atoms with Crippen LogP contribution in [0.1, 0.15) is 10.4 Å². The minimum Gasteiger partial charge on any atom is -0.376 e. The smallest absolute Gasteiger partial charge is 0.251 e. The molecule has 1 aromatic heterocycles. The fourth-order valence-electron chi connectivity index (χ4n) is 1.51. The molecule has 0 aliphatic carbocycles. The number of carbonyl (C=O) groups excluding carboxylic acids is 1. The summed E-state index contributed by atoms with van der Waals surface area (Å²) in [5.41, 5.74) is 1.21. The quantitative estimate of drug-likeness (QED) is 0.861. The molecule has 2 heterocycles. The number of rotatable bonds is 3. The summed E-state index contributed by atoms with van der Waals surface area (Å²) < 4.78 is 10.5. The minimum atomic E-state index is -0.450. The molecule has 1 atom stereocenters. The summed E-state index contributed by atoms with van der Waals surface area (Å²) >= 11 is 1.65. The van der Waals surface area contributed by atoms with Crippen LogP contribution in [0.2, 0.25) is 0 Å². The van der Waals surface area contributed by atoms with Crippen molar-refractivity contribution >= 4 is 17.2 Å². The Morgan fingerprint density at radius 1 is 1.62 bits per heavy atom. The number of hydrogen-bond acceptors (Lipinski definition) is 4. The average molecular weight is 241 g/mol. The second-order valence-electron chi connectivity index (χ2n) is 3.68. The van der Waals surface area contributed by atoms with Crippen LogP contribution >= 0.6 is 11.3 Å². The van der Waals surface area contributed by atoms with E-state index in [1.54, 1.807) is 11.3 Å². The number of carbonyl (C=O) groups is 1. The molecule has 0 spiro atoms. The van der Waals surface area contributed by atoms with Crippen molar-refractivity contribution in [2.45, 2.75) is 19.6 Å². The van der Waals surface area contributed by atoms with E-state index in [-0.39, 0.29) is 5.91 Å². The van der Waals surface area contributed by atoms with Crippen molar-refractivity contribution in [3.63, 3.8) is 0 Å². The number of amides is 1. The summed E-state index contributed by atoms with van der Waals surface area (Å²) in [5, 5.41) is 4.89. The zero-order valence-corrected chi connectivity index (χ0v) is 10.0. The summed E-state index contributed by atoms with van der Waals surface area (Å²) in [4.78, 5) is 12.9. The Bertz CT molecular complexity index is 358. The molecule has 0 bridgehead atoms. The first-order valence-electron chi connectivity index (χ1n) is 5.27. The SMILES string of the molecule is Cc1ccsc1CNC(=O)[C@H]1COCCO1. The number of ether oxygens (including phenoxy) is 2. The normalized spacial score (nSPS) is 20.7. The minimum absolute atomic E-state index is 0.0903. The first-order chi connectivity index (χ1) is 7.77. The zero-order chi connectivity index (χ0) is 11.4. The second-order valence-corrected chi connectivity index (χ2v) is 4.68. The average Bonchev–Trinajstić information content (AvgIpc) is 2.73. The molecule has 0 radical (unpaired) electrons. The van der Waals surface area contributed by atoms with Crippen molar-refractivity contribution in [1.82, 2.24) is 5.32 Å². The third kappa shape index (κ3) is 2.81. The largest absolute Gasteiger partial charge is 0.376 e. The molecule has 1 aromatic rings. The molecule has 2 rings (SSSR count). The molecule has 5 heteroatoms. The van der Waals surface area contributed by atoms with Crippen molar-refractivity contribution in [3.05, 3.63) is 21.9 Å². The van der Waals surface area contributed by atoms with Crippen LogP contribution in [0.5, 0.6) is 0 Å². The molecule has 16 heavy (non-hydrogen) atoms. The summed E-state index contributed by atoms with van der Waals surface area (Å²) in [6, 6.07) is 2.05. The maximum Gasteiger partial charge on any atom is 0.251 e. The molecular formula is C11H15NO3S. The van der Waals surface area contributed by atoms with Gasteiger partial charge in [0.15, 0.2) is 6.10 Å². The fourth-order valence-corrected chi connectivity index (χ4v) is 2.35. The van der Waals surface area contributed by atoms with Crippen LogP contribution in [0.25, 0.3) is 0 Å². The third-order valence-electron chi connectivity index (χ3n) is 2.50.